The molecule has 124 valence electrons. The van der Waals surface area contributed by atoms with E-state index in [2.05, 4.69) is 0 Å². The Balaban J connectivity index is 1.78. The van der Waals surface area contributed by atoms with Crippen molar-refractivity contribution in [3.05, 3.63) is 74.8 Å². The highest BCUT2D eigenvalue weighted by Gasteiger charge is 2.27. The van der Waals surface area contributed by atoms with E-state index in [4.69, 9.17) is 16.3 Å². The van der Waals surface area contributed by atoms with E-state index in [1.807, 2.05) is 30.3 Å². The fourth-order valence-electron chi connectivity index (χ4n) is 2.66. The van der Waals surface area contributed by atoms with Crippen LogP contribution in [0.25, 0.3) is 0 Å². The summed E-state index contributed by atoms with van der Waals surface area (Å²) in [4.78, 5) is 24.6. The van der Waals surface area contributed by atoms with Gasteiger partial charge in [0, 0.05) is 18.7 Å². The van der Waals surface area contributed by atoms with E-state index in [0.29, 0.717) is 19.7 Å². The quantitative estimate of drug-likeness (QED) is 0.630. The molecular formula is C17H15ClN2O4. The fourth-order valence-corrected chi connectivity index (χ4v) is 2.92. The van der Waals surface area contributed by atoms with E-state index in [9.17, 15) is 14.9 Å². The Morgan fingerprint density at radius 3 is 2.67 bits per heavy atom. The largest absolute Gasteiger partial charge is 0.370 e. The number of morpholine rings is 1. The lowest BCUT2D eigenvalue weighted by atomic mass is 10.1. The summed E-state index contributed by atoms with van der Waals surface area (Å²) in [7, 11) is 0. The smallest absolute Gasteiger partial charge is 0.270 e. The highest BCUT2D eigenvalue weighted by Crippen LogP contribution is 2.27. The van der Waals surface area contributed by atoms with Crippen LogP contribution in [0.3, 0.4) is 0 Å². The Labute approximate surface area is 143 Å². The number of hydrogen-bond acceptors (Lipinski definition) is 4. The van der Waals surface area contributed by atoms with Gasteiger partial charge >= 0.3 is 0 Å². The summed E-state index contributed by atoms with van der Waals surface area (Å²) in [6, 6.07) is 13.6. The van der Waals surface area contributed by atoms with E-state index in [1.54, 1.807) is 4.90 Å². The number of nitro benzene ring substituents is 1. The third-order valence-electron chi connectivity index (χ3n) is 3.92. The van der Waals surface area contributed by atoms with Crippen LogP contribution in [0, 0.1) is 10.1 Å². The molecule has 3 rings (SSSR count). The normalized spacial score (nSPS) is 17.5. The first kappa shape index (κ1) is 16.4. The third kappa shape index (κ3) is 3.39. The van der Waals surface area contributed by atoms with Gasteiger partial charge < -0.3 is 9.64 Å². The van der Waals surface area contributed by atoms with Crippen LogP contribution in [0.15, 0.2) is 48.5 Å². The molecule has 24 heavy (non-hydrogen) atoms. The number of hydrogen-bond donors (Lipinski definition) is 0. The van der Waals surface area contributed by atoms with Crippen molar-refractivity contribution < 1.29 is 14.5 Å². The lowest BCUT2D eigenvalue weighted by molar-refractivity contribution is -0.384. The van der Waals surface area contributed by atoms with Gasteiger partial charge in [-0.05, 0) is 11.6 Å². The van der Waals surface area contributed by atoms with Gasteiger partial charge in [0.05, 0.1) is 28.7 Å². The summed E-state index contributed by atoms with van der Waals surface area (Å²) >= 11 is 6.06. The molecule has 7 heteroatoms. The van der Waals surface area contributed by atoms with Crippen LogP contribution < -0.4 is 0 Å². The van der Waals surface area contributed by atoms with Crippen molar-refractivity contribution in [1.29, 1.82) is 0 Å². The third-order valence-corrected chi connectivity index (χ3v) is 4.23. The SMILES string of the molecule is O=C(c1ccc([N+](=O)[O-])cc1Cl)N1CCO[C@@H](c2ccccc2)C1. The first-order valence-electron chi connectivity index (χ1n) is 7.46. The van der Waals surface area contributed by atoms with Crippen LogP contribution in [0.5, 0.6) is 0 Å². The molecule has 1 heterocycles. The van der Waals surface area contributed by atoms with Gasteiger partial charge in [0.2, 0.25) is 0 Å². The maximum atomic E-state index is 12.7. The number of nitro groups is 1. The average molecular weight is 347 g/mol. The van der Waals surface area contributed by atoms with Gasteiger partial charge in [-0.1, -0.05) is 41.9 Å². The fraction of sp³-hybridized carbons (Fsp3) is 0.235. The average Bonchev–Trinajstić information content (AvgIpc) is 2.62. The van der Waals surface area contributed by atoms with Crippen molar-refractivity contribution in [2.24, 2.45) is 0 Å². The van der Waals surface area contributed by atoms with E-state index < -0.39 is 4.92 Å². The molecule has 0 saturated carbocycles. The van der Waals surface area contributed by atoms with Crippen molar-refractivity contribution in [3.63, 3.8) is 0 Å². The van der Waals surface area contributed by atoms with Crippen LogP contribution in [-0.2, 0) is 4.74 Å². The van der Waals surface area contributed by atoms with Crippen molar-refractivity contribution in [2.75, 3.05) is 19.7 Å². The molecule has 2 aromatic rings. The maximum Gasteiger partial charge on any atom is 0.270 e. The van der Waals surface area contributed by atoms with Crippen molar-refractivity contribution in [3.8, 4) is 0 Å². The van der Waals surface area contributed by atoms with Gasteiger partial charge in [-0.3, -0.25) is 14.9 Å². The summed E-state index contributed by atoms with van der Waals surface area (Å²) in [6.45, 7) is 1.29. The van der Waals surface area contributed by atoms with Crippen LogP contribution >= 0.6 is 11.6 Å². The molecule has 0 bridgehead atoms. The first-order valence-corrected chi connectivity index (χ1v) is 7.84. The Hall–Kier alpha value is -2.44. The summed E-state index contributed by atoms with van der Waals surface area (Å²) in [5.41, 5.74) is 1.13. The molecule has 2 aromatic carbocycles. The lowest BCUT2D eigenvalue weighted by Gasteiger charge is -2.33. The van der Waals surface area contributed by atoms with Gasteiger partial charge in [0.15, 0.2) is 0 Å². The van der Waals surface area contributed by atoms with E-state index in [1.165, 1.54) is 18.2 Å². The predicted molar refractivity (Wildman–Crippen MR) is 89.1 cm³/mol. The molecule has 1 aliphatic rings. The highest BCUT2D eigenvalue weighted by atomic mass is 35.5. The minimum absolute atomic E-state index is 0.0805. The summed E-state index contributed by atoms with van der Waals surface area (Å²) in [5, 5.41) is 10.9. The van der Waals surface area contributed by atoms with Gasteiger partial charge in [0.1, 0.15) is 6.10 Å². The molecule has 0 aromatic heterocycles. The first-order chi connectivity index (χ1) is 11.6. The van der Waals surface area contributed by atoms with E-state index in [0.717, 1.165) is 5.56 Å². The van der Waals surface area contributed by atoms with Gasteiger partial charge in [-0.25, -0.2) is 0 Å². The number of non-ortho nitro benzene ring substituents is 1. The molecule has 1 aliphatic heterocycles. The number of carbonyl (C=O) groups excluding carboxylic acids is 1. The molecule has 0 unspecified atom stereocenters. The predicted octanol–water partition coefficient (Wildman–Crippen LogP) is 3.46. The van der Waals surface area contributed by atoms with Crippen LogP contribution in [-0.4, -0.2) is 35.4 Å². The van der Waals surface area contributed by atoms with Gasteiger partial charge in [-0.2, -0.15) is 0 Å². The van der Waals surface area contributed by atoms with Crippen molar-refractivity contribution in [1.82, 2.24) is 4.90 Å². The van der Waals surface area contributed by atoms with Crippen LogP contribution in [0.2, 0.25) is 5.02 Å². The standard InChI is InChI=1S/C17H15ClN2O4/c18-15-10-13(20(22)23)6-7-14(15)17(21)19-8-9-24-16(11-19)12-4-2-1-3-5-12/h1-7,10,16H,8-9,11H2/t16-/m1/s1. The van der Waals surface area contributed by atoms with Crippen molar-refractivity contribution in [2.45, 2.75) is 6.10 Å². The zero-order valence-corrected chi connectivity index (χ0v) is 13.5. The van der Waals surface area contributed by atoms with Gasteiger partial charge in [-0.15, -0.1) is 0 Å². The number of benzene rings is 2. The number of nitrogens with zero attached hydrogens (tertiary/aromatic N) is 2. The molecular weight excluding hydrogens is 332 g/mol. The second-order valence-electron chi connectivity index (χ2n) is 5.44. The molecule has 0 aliphatic carbocycles. The molecule has 1 fully saturated rings. The minimum Gasteiger partial charge on any atom is -0.370 e. The molecule has 6 nitrogen and oxygen atoms in total. The Bertz CT molecular complexity index is 766. The highest BCUT2D eigenvalue weighted by molar-refractivity contribution is 6.34. The molecule has 0 spiro atoms. The topological polar surface area (TPSA) is 72.7 Å². The molecule has 1 saturated heterocycles. The molecule has 0 N–H and O–H groups in total. The maximum absolute atomic E-state index is 12.7. The van der Waals surface area contributed by atoms with Crippen molar-refractivity contribution >= 4 is 23.2 Å². The zero-order valence-electron chi connectivity index (χ0n) is 12.7. The van der Waals surface area contributed by atoms with Crippen LogP contribution in [0.1, 0.15) is 22.0 Å². The van der Waals surface area contributed by atoms with Crippen LogP contribution in [0.4, 0.5) is 5.69 Å². The molecule has 1 atom stereocenters. The summed E-state index contributed by atoms with van der Waals surface area (Å²) in [5.74, 6) is -0.251. The Morgan fingerprint density at radius 2 is 2.00 bits per heavy atom. The number of ether oxygens (including phenoxy) is 1. The number of halogens is 1. The Kier molecular flexibility index (Phi) is 4.78. The summed E-state index contributed by atoms with van der Waals surface area (Å²) < 4.78 is 5.74. The lowest BCUT2D eigenvalue weighted by Crippen LogP contribution is -2.42. The number of rotatable bonds is 3. The minimum atomic E-state index is -0.541. The monoisotopic (exact) mass is 346 g/mol. The van der Waals surface area contributed by atoms with Gasteiger partial charge in [0.25, 0.3) is 11.6 Å². The number of amides is 1. The Morgan fingerprint density at radius 1 is 1.25 bits per heavy atom. The zero-order chi connectivity index (χ0) is 17.1. The summed E-state index contributed by atoms with van der Waals surface area (Å²) in [6.07, 6.45) is -0.194. The van der Waals surface area contributed by atoms with E-state index in [-0.39, 0.29) is 28.3 Å². The number of carbonyl (C=O) groups is 1. The molecule has 1 amide bonds. The van der Waals surface area contributed by atoms with E-state index >= 15 is 0 Å². The molecule has 0 radical (unpaired) electrons. The second kappa shape index (κ2) is 6.98. The second-order valence-corrected chi connectivity index (χ2v) is 5.85.